The maximum Gasteiger partial charge on any atom is 0.326 e. The number of nitrogens with one attached hydrogen (secondary N) is 2. The van der Waals surface area contributed by atoms with Crippen LogP contribution in [0.15, 0.2) is 22.7 Å². The van der Waals surface area contributed by atoms with Crippen LogP contribution >= 0.6 is 15.9 Å². The molecule has 0 saturated carbocycles. The Balaban J connectivity index is 2.67. The highest BCUT2D eigenvalue weighted by atomic mass is 79.9. The second-order valence-corrected chi connectivity index (χ2v) is 4.97. The van der Waals surface area contributed by atoms with E-state index in [0.29, 0.717) is 4.47 Å². The summed E-state index contributed by atoms with van der Waals surface area (Å²) in [5.74, 6) is -2.53. The Morgan fingerprint density at radius 3 is 2.62 bits per heavy atom. The highest BCUT2D eigenvalue weighted by molar-refractivity contribution is 9.10. The molecule has 1 atom stereocenters. The van der Waals surface area contributed by atoms with Gasteiger partial charge in [0.25, 0.3) is 0 Å². The van der Waals surface area contributed by atoms with E-state index >= 15 is 0 Å². The number of carbonyl (C=O) groups is 3. The van der Waals surface area contributed by atoms with Crippen molar-refractivity contribution in [3.05, 3.63) is 28.5 Å². The summed E-state index contributed by atoms with van der Waals surface area (Å²) in [6.45, 7) is 0. The fourth-order valence-electron chi connectivity index (χ4n) is 1.45. The van der Waals surface area contributed by atoms with Crippen molar-refractivity contribution in [1.29, 1.82) is 0 Å². The summed E-state index contributed by atoms with van der Waals surface area (Å²) >= 11 is 3.12. The number of halogens is 2. The van der Waals surface area contributed by atoms with Gasteiger partial charge in [-0.05, 0) is 40.5 Å². The van der Waals surface area contributed by atoms with Gasteiger partial charge in [0.1, 0.15) is 11.9 Å². The number of aliphatic carboxylic acids is 1. The summed E-state index contributed by atoms with van der Waals surface area (Å²) in [7, 11) is 0. The second kappa shape index (κ2) is 7.58. The lowest BCUT2D eigenvalue weighted by molar-refractivity contribution is -0.139. The minimum Gasteiger partial charge on any atom is -0.480 e. The minimum absolute atomic E-state index is 0.137. The summed E-state index contributed by atoms with van der Waals surface area (Å²) in [5, 5.41) is 13.4. The molecule has 0 fully saturated rings. The number of amides is 3. The molecule has 3 amide bonds. The highest BCUT2D eigenvalue weighted by Gasteiger charge is 2.20. The van der Waals surface area contributed by atoms with Crippen molar-refractivity contribution >= 4 is 39.5 Å². The number of urea groups is 1. The van der Waals surface area contributed by atoms with Gasteiger partial charge in [-0.25, -0.2) is 14.0 Å². The van der Waals surface area contributed by atoms with Crippen LogP contribution in [0.5, 0.6) is 0 Å². The van der Waals surface area contributed by atoms with Gasteiger partial charge in [0.15, 0.2) is 0 Å². The summed E-state index contributed by atoms with van der Waals surface area (Å²) in [6, 6.07) is 1.55. The molecule has 0 bridgehead atoms. The maximum atomic E-state index is 13.1. The fraction of sp³-hybridized carbons (Fsp3) is 0.250. The average Bonchev–Trinajstić information content (AvgIpc) is 2.38. The molecular formula is C12H13BrFN3O4. The van der Waals surface area contributed by atoms with Gasteiger partial charge >= 0.3 is 12.0 Å². The molecule has 5 N–H and O–H groups in total. The molecule has 0 heterocycles. The van der Waals surface area contributed by atoms with Crippen molar-refractivity contribution in [2.24, 2.45) is 5.73 Å². The van der Waals surface area contributed by atoms with Crippen molar-refractivity contribution in [2.75, 3.05) is 5.32 Å². The van der Waals surface area contributed by atoms with E-state index < -0.39 is 29.8 Å². The molecule has 0 spiro atoms. The summed E-state index contributed by atoms with van der Waals surface area (Å²) in [6.07, 6.45) is -0.316. The van der Waals surface area contributed by atoms with Gasteiger partial charge < -0.3 is 21.5 Å². The largest absolute Gasteiger partial charge is 0.480 e. The lowest BCUT2D eigenvalue weighted by atomic mass is 10.1. The molecule has 0 saturated heterocycles. The predicted molar refractivity (Wildman–Crippen MR) is 76.1 cm³/mol. The summed E-state index contributed by atoms with van der Waals surface area (Å²) in [4.78, 5) is 33.3. The van der Waals surface area contributed by atoms with E-state index in [2.05, 4.69) is 26.6 Å². The number of carboxylic acids is 1. The Bertz CT molecular complexity index is 567. The van der Waals surface area contributed by atoms with Gasteiger partial charge in [0, 0.05) is 10.9 Å². The van der Waals surface area contributed by atoms with Crippen LogP contribution in [-0.4, -0.2) is 29.1 Å². The molecule has 1 aromatic rings. The Hall–Kier alpha value is -2.16. The van der Waals surface area contributed by atoms with E-state index in [-0.39, 0.29) is 18.5 Å². The van der Waals surface area contributed by atoms with Crippen molar-refractivity contribution in [1.82, 2.24) is 5.32 Å². The first-order valence-electron chi connectivity index (χ1n) is 5.83. The van der Waals surface area contributed by atoms with Crippen molar-refractivity contribution < 1.29 is 23.9 Å². The van der Waals surface area contributed by atoms with Crippen molar-refractivity contribution in [3.8, 4) is 0 Å². The third-order valence-corrected chi connectivity index (χ3v) is 3.15. The number of hydrogen-bond acceptors (Lipinski definition) is 3. The highest BCUT2D eigenvalue weighted by Crippen LogP contribution is 2.22. The molecule has 0 aliphatic heterocycles. The first-order chi connectivity index (χ1) is 9.79. The first kappa shape index (κ1) is 16.9. The van der Waals surface area contributed by atoms with Gasteiger partial charge in [-0.15, -0.1) is 0 Å². The number of benzene rings is 1. The number of rotatable bonds is 6. The quantitative estimate of drug-likeness (QED) is 0.612. The van der Waals surface area contributed by atoms with Gasteiger partial charge in [0.05, 0.1) is 5.69 Å². The fourth-order valence-corrected chi connectivity index (χ4v) is 1.80. The van der Waals surface area contributed by atoms with E-state index in [1.807, 2.05) is 0 Å². The van der Waals surface area contributed by atoms with Crippen LogP contribution in [-0.2, 0) is 9.59 Å². The molecule has 114 valence electrons. The third-order valence-electron chi connectivity index (χ3n) is 2.46. The Labute approximate surface area is 127 Å². The molecule has 0 radical (unpaired) electrons. The zero-order valence-corrected chi connectivity index (χ0v) is 12.3. The molecule has 21 heavy (non-hydrogen) atoms. The molecule has 7 nitrogen and oxygen atoms in total. The number of primary amides is 1. The maximum absolute atomic E-state index is 13.1. The van der Waals surface area contributed by atoms with E-state index in [9.17, 15) is 18.8 Å². The molecule has 1 rings (SSSR count). The second-order valence-electron chi connectivity index (χ2n) is 4.12. The summed E-state index contributed by atoms with van der Waals surface area (Å²) < 4.78 is 13.5. The van der Waals surface area contributed by atoms with E-state index in [4.69, 9.17) is 10.8 Å². The molecule has 0 aromatic heterocycles. The normalized spacial score (nSPS) is 11.5. The number of hydrogen-bond donors (Lipinski definition) is 4. The molecule has 0 aliphatic carbocycles. The van der Waals surface area contributed by atoms with Crippen molar-refractivity contribution in [2.45, 2.75) is 18.9 Å². The SMILES string of the molecule is NC(=O)CC[C@@H](NC(=O)Nc1cc(F)ccc1Br)C(=O)O. The lowest BCUT2D eigenvalue weighted by Gasteiger charge is -2.15. The Morgan fingerprint density at radius 2 is 2.05 bits per heavy atom. The molecular weight excluding hydrogens is 349 g/mol. The number of anilines is 1. The lowest BCUT2D eigenvalue weighted by Crippen LogP contribution is -2.43. The van der Waals surface area contributed by atoms with Gasteiger partial charge in [-0.1, -0.05) is 0 Å². The molecule has 1 aromatic carbocycles. The van der Waals surface area contributed by atoms with E-state index in [1.165, 1.54) is 12.1 Å². The van der Waals surface area contributed by atoms with Crippen LogP contribution in [0, 0.1) is 5.82 Å². The first-order valence-corrected chi connectivity index (χ1v) is 6.62. The third kappa shape index (κ3) is 5.78. The van der Waals surface area contributed by atoms with Gasteiger partial charge in [-0.3, -0.25) is 4.79 Å². The summed E-state index contributed by atoms with van der Waals surface area (Å²) in [5.41, 5.74) is 5.07. The van der Waals surface area contributed by atoms with Gasteiger partial charge in [-0.2, -0.15) is 0 Å². The van der Waals surface area contributed by atoms with Crippen LogP contribution < -0.4 is 16.4 Å². The van der Waals surface area contributed by atoms with Crippen LogP contribution in [0.2, 0.25) is 0 Å². The number of nitrogens with two attached hydrogens (primary N) is 1. The monoisotopic (exact) mass is 361 g/mol. The molecule has 0 aliphatic rings. The van der Waals surface area contributed by atoms with Gasteiger partial charge in [0.2, 0.25) is 5.91 Å². The standard InChI is InChI=1S/C12H13BrFN3O4/c13-7-2-1-6(14)5-9(7)17-12(21)16-8(11(19)20)3-4-10(15)18/h1-2,5,8H,3-4H2,(H2,15,18)(H,19,20)(H2,16,17,21)/t8-/m1/s1. The molecule has 0 unspecified atom stereocenters. The van der Waals surface area contributed by atoms with Crippen LogP contribution in [0.1, 0.15) is 12.8 Å². The predicted octanol–water partition coefficient (Wildman–Crippen LogP) is 1.43. The van der Waals surface area contributed by atoms with Crippen LogP contribution in [0.4, 0.5) is 14.9 Å². The van der Waals surface area contributed by atoms with E-state index in [0.717, 1.165) is 6.07 Å². The zero-order valence-electron chi connectivity index (χ0n) is 10.7. The minimum atomic E-state index is -1.30. The van der Waals surface area contributed by atoms with Crippen LogP contribution in [0.25, 0.3) is 0 Å². The van der Waals surface area contributed by atoms with Crippen LogP contribution in [0.3, 0.4) is 0 Å². The number of carboxylic acid groups (broad SMARTS) is 1. The smallest absolute Gasteiger partial charge is 0.326 e. The number of carbonyl (C=O) groups excluding carboxylic acids is 2. The van der Waals surface area contributed by atoms with Crippen molar-refractivity contribution in [3.63, 3.8) is 0 Å². The Kier molecular flexibility index (Phi) is 6.10. The van der Waals surface area contributed by atoms with E-state index in [1.54, 1.807) is 0 Å². The Morgan fingerprint density at radius 1 is 1.38 bits per heavy atom. The zero-order chi connectivity index (χ0) is 16.0. The topological polar surface area (TPSA) is 122 Å². The average molecular weight is 362 g/mol. The molecule has 9 heteroatoms.